The molecule has 0 radical (unpaired) electrons. The Morgan fingerprint density at radius 1 is 1.21 bits per heavy atom. The van der Waals surface area contributed by atoms with Crippen LogP contribution in [0.5, 0.6) is 0 Å². The number of carbonyl (C=O) groups is 3. The number of hydrogen-bond donors (Lipinski definition) is 1. The van der Waals surface area contributed by atoms with E-state index in [0.29, 0.717) is 18.3 Å². The summed E-state index contributed by atoms with van der Waals surface area (Å²) in [5.74, 6) is -0.863. The van der Waals surface area contributed by atoms with E-state index in [0.717, 1.165) is 25.7 Å². The molecule has 4 nitrogen and oxygen atoms in total. The number of allylic oxidation sites excluding steroid dienone is 4. The molecule has 24 heavy (non-hydrogen) atoms. The Morgan fingerprint density at radius 3 is 2.67 bits per heavy atom. The predicted octanol–water partition coefficient (Wildman–Crippen LogP) is 3.17. The second-order valence-electron chi connectivity index (χ2n) is 8.59. The van der Waals surface area contributed by atoms with E-state index >= 15 is 0 Å². The van der Waals surface area contributed by atoms with Crippen LogP contribution in [0.1, 0.15) is 46.0 Å². The van der Waals surface area contributed by atoms with E-state index < -0.39 is 17.3 Å². The van der Waals surface area contributed by atoms with Gasteiger partial charge in [-0.3, -0.25) is 14.4 Å². The van der Waals surface area contributed by atoms with Crippen LogP contribution < -0.4 is 0 Å². The molecule has 0 aromatic rings. The fourth-order valence-electron chi connectivity index (χ4n) is 6.41. The van der Waals surface area contributed by atoms with E-state index in [1.165, 1.54) is 5.57 Å². The maximum atomic E-state index is 12.4. The van der Waals surface area contributed by atoms with Gasteiger partial charge >= 0.3 is 5.97 Å². The Labute approximate surface area is 142 Å². The van der Waals surface area contributed by atoms with Crippen molar-refractivity contribution in [1.29, 1.82) is 0 Å². The largest absolute Gasteiger partial charge is 0.481 e. The molecule has 0 spiro atoms. The molecule has 4 heteroatoms. The van der Waals surface area contributed by atoms with Crippen LogP contribution in [0.15, 0.2) is 23.8 Å². The van der Waals surface area contributed by atoms with Crippen LogP contribution in [0, 0.1) is 34.5 Å². The van der Waals surface area contributed by atoms with Crippen LogP contribution >= 0.6 is 0 Å². The fourth-order valence-corrected chi connectivity index (χ4v) is 6.41. The summed E-state index contributed by atoms with van der Waals surface area (Å²) in [6.07, 6.45) is 9.51. The van der Waals surface area contributed by atoms with Gasteiger partial charge in [0.15, 0.2) is 5.78 Å². The number of Topliss-reactive ketones (excluding diaryl/α,β-unsaturated/α-hetero) is 1. The third kappa shape index (κ3) is 1.88. The molecule has 3 saturated carbocycles. The van der Waals surface area contributed by atoms with Crippen LogP contribution in [0.3, 0.4) is 0 Å². The highest BCUT2D eigenvalue weighted by molar-refractivity contribution is 6.02. The third-order valence-corrected chi connectivity index (χ3v) is 7.64. The van der Waals surface area contributed by atoms with Gasteiger partial charge in [0.2, 0.25) is 0 Å². The van der Waals surface area contributed by atoms with Gasteiger partial charge in [-0.15, -0.1) is 0 Å². The summed E-state index contributed by atoms with van der Waals surface area (Å²) >= 11 is 0. The average Bonchev–Trinajstić information content (AvgIpc) is 2.78. The van der Waals surface area contributed by atoms with E-state index in [1.807, 2.05) is 6.92 Å². The van der Waals surface area contributed by atoms with Crippen molar-refractivity contribution in [3.05, 3.63) is 23.8 Å². The molecule has 6 atom stereocenters. The van der Waals surface area contributed by atoms with Gasteiger partial charge in [0.25, 0.3) is 0 Å². The summed E-state index contributed by atoms with van der Waals surface area (Å²) in [5, 5.41) is 9.57. The molecule has 0 amide bonds. The van der Waals surface area contributed by atoms with Crippen molar-refractivity contribution in [2.45, 2.75) is 46.0 Å². The first-order valence-electron chi connectivity index (χ1n) is 8.97. The first-order valence-corrected chi connectivity index (χ1v) is 8.97. The number of rotatable bonds is 1. The second kappa shape index (κ2) is 4.90. The molecule has 0 bridgehead atoms. The number of fused-ring (bicyclic) bond motifs is 5. The number of ketones is 2. The smallest absolute Gasteiger partial charge is 0.314 e. The molecule has 0 aliphatic heterocycles. The van der Waals surface area contributed by atoms with Gasteiger partial charge in [-0.1, -0.05) is 25.5 Å². The van der Waals surface area contributed by atoms with Crippen molar-refractivity contribution in [2.24, 2.45) is 34.5 Å². The van der Waals surface area contributed by atoms with E-state index in [-0.39, 0.29) is 22.9 Å². The van der Waals surface area contributed by atoms with Crippen molar-refractivity contribution >= 4 is 17.5 Å². The molecule has 0 saturated heterocycles. The molecule has 1 N–H and O–H groups in total. The van der Waals surface area contributed by atoms with Gasteiger partial charge in [-0.05, 0) is 61.0 Å². The number of carbonyl (C=O) groups excluding carboxylic acids is 2. The zero-order valence-corrected chi connectivity index (χ0v) is 14.2. The number of hydrogen-bond acceptors (Lipinski definition) is 3. The minimum atomic E-state index is -0.950. The summed E-state index contributed by atoms with van der Waals surface area (Å²) in [6.45, 7) is 4.23. The molecule has 0 heterocycles. The lowest BCUT2D eigenvalue weighted by Crippen LogP contribution is -2.50. The zero-order valence-electron chi connectivity index (χ0n) is 14.2. The highest BCUT2D eigenvalue weighted by Gasteiger charge is 2.62. The summed E-state index contributed by atoms with van der Waals surface area (Å²) < 4.78 is 0. The summed E-state index contributed by atoms with van der Waals surface area (Å²) in [5.41, 5.74) is 0.706. The molecule has 3 fully saturated rings. The molecule has 4 aliphatic carbocycles. The molecule has 0 aromatic heterocycles. The lowest BCUT2D eigenvalue weighted by molar-refractivity contribution is -0.151. The summed E-state index contributed by atoms with van der Waals surface area (Å²) in [7, 11) is 0. The Balaban J connectivity index is 1.72. The Hall–Kier alpha value is -1.71. The maximum absolute atomic E-state index is 12.4. The van der Waals surface area contributed by atoms with Gasteiger partial charge < -0.3 is 5.11 Å². The first kappa shape index (κ1) is 15.8. The average molecular weight is 328 g/mol. The van der Waals surface area contributed by atoms with E-state index in [9.17, 15) is 19.5 Å². The normalized spacial score (nSPS) is 46.8. The first-order chi connectivity index (χ1) is 11.3. The summed E-state index contributed by atoms with van der Waals surface area (Å²) in [6, 6.07) is 0. The maximum Gasteiger partial charge on any atom is 0.314 e. The van der Waals surface area contributed by atoms with E-state index in [4.69, 9.17) is 0 Å². The Kier molecular flexibility index (Phi) is 3.23. The van der Waals surface area contributed by atoms with Crippen LogP contribution in [-0.4, -0.2) is 22.6 Å². The van der Waals surface area contributed by atoms with Crippen LogP contribution in [0.4, 0.5) is 0 Å². The molecule has 0 aromatic carbocycles. The lowest BCUT2D eigenvalue weighted by atomic mass is 9.48. The van der Waals surface area contributed by atoms with E-state index in [1.54, 1.807) is 12.2 Å². The van der Waals surface area contributed by atoms with Crippen molar-refractivity contribution < 1.29 is 19.5 Å². The highest BCUT2D eigenvalue weighted by atomic mass is 16.4. The molecule has 4 rings (SSSR count). The number of carboxylic acid groups (broad SMARTS) is 1. The van der Waals surface area contributed by atoms with Crippen LogP contribution in [-0.2, 0) is 14.4 Å². The van der Waals surface area contributed by atoms with Crippen molar-refractivity contribution in [1.82, 2.24) is 0 Å². The van der Waals surface area contributed by atoms with Gasteiger partial charge in [-0.25, -0.2) is 0 Å². The van der Waals surface area contributed by atoms with Crippen molar-refractivity contribution in [2.75, 3.05) is 0 Å². The molecular formula is C20H24O4. The molecule has 4 aliphatic rings. The Morgan fingerprint density at radius 2 is 1.96 bits per heavy atom. The minimum Gasteiger partial charge on any atom is -0.481 e. The van der Waals surface area contributed by atoms with Crippen molar-refractivity contribution in [3.63, 3.8) is 0 Å². The van der Waals surface area contributed by atoms with Crippen molar-refractivity contribution in [3.8, 4) is 0 Å². The number of aliphatic carboxylic acids is 1. The second-order valence-corrected chi connectivity index (χ2v) is 8.59. The SMILES string of the molecule is C[C@]12C=CC(=O)C=C1CC[C@@H]1[C@@H]2CC[C@]2(C)C(C(=O)O)C(=O)C[C@@H]12. The van der Waals surface area contributed by atoms with Gasteiger partial charge in [-0.2, -0.15) is 0 Å². The standard InChI is InChI=1S/C20H24O4/c1-19-7-5-12(21)9-11(19)3-4-13-14(19)6-8-20(2)15(13)10-16(22)17(20)18(23)24/h5,7,9,13-15,17H,3-4,6,8,10H2,1-2H3,(H,23,24)/t13-,14+,15+,17?,19+,20+/m1/s1. The summed E-state index contributed by atoms with van der Waals surface area (Å²) in [4.78, 5) is 35.8. The van der Waals surface area contributed by atoms with Crippen LogP contribution in [0.25, 0.3) is 0 Å². The van der Waals surface area contributed by atoms with Gasteiger partial charge in [0, 0.05) is 11.8 Å². The monoisotopic (exact) mass is 328 g/mol. The molecule has 128 valence electrons. The highest BCUT2D eigenvalue weighted by Crippen LogP contribution is 2.65. The third-order valence-electron chi connectivity index (χ3n) is 7.64. The Bertz CT molecular complexity index is 702. The fraction of sp³-hybridized carbons (Fsp3) is 0.650. The number of carboxylic acids is 1. The van der Waals surface area contributed by atoms with Gasteiger partial charge in [0.1, 0.15) is 11.7 Å². The minimum absolute atomic E-state index is 0.0727. The lowest BCUT2D eigenvalue weighted by Gasteiger charge is -2.56. The van der Waals surface area contributed by atoms with Gasteiger partial charge in [0.05, 0.1) is 0 Å². The van der Waals surface area contributed by atoms with E-state index in [2.05, 4.69) is 13.0 Å². The molecular weight excluding hydrogens is 304 g/mol. The predicted molar refractivity (Wildman–Crippen MR) is 88.1 cm³/mol. The molecule has 1 unspecified atom stereocenters. The topological polar surface area (TPSA) is 71.4 Å². The zero-order chi connectivity index (χ0) is 17.3. The van der Waals surface area contributed by atoms with Crippen LogP contribution in [0.2, 0.25) is 0 Å². The quantitative estimate of drug-likeness (QED) is 0.751.